The van der Waals surface area contributed by atoms with Crippen molar-refractivity contribution in [3.8, 4) is 0 Å². The van der Waals surface area contributed by atoms with Crippen molar-refractivity contribution in [2.75, 3.05) is 5.01 Å². The van der Waals surface area contributed by atoms with Crippen molar-refractivity contribution in [3.63, 3.8) is 0 Å². The Morgan fingerprint density at radius 3 is 2.12 bits per heavy atom. The number of benzene rings is 3. The van der Waals surface area contributed by atoms with E-state index in [1.54, 1.807) is 81.4 Å². The number of nitrogens with one attached hydrogen (secondary N) is 2. The average molecular weight is 689 g/mol. The number of hydrazone groups is 1. The Morgan fingerprint density at radius 2 is 1.54 bits per heavy atom. The summed E-state index contributed by atoms with van der Waals surface area (Å²) < 4.78 is 79.4. The fraction of sp³-hybridized carbons (Fsp3) is 0.333. The fourth-order valence-corrected chi connectivity index (χ4v) is 5.71. The van der Waals surface area contributed by atoms with E-state index in [1.165, 1.54) is 17.1 Å². The number of rotatable bonds is 11. The number of sulfonamides is 1. The summed E-state index contributed by atoms with van der Waals surface area (Å²) in [4.78, 5) is 37.7. The van der Waals surface area contributed by atoms with Crippen molar-refractivity contribution in [2.24, 2.45) is 5.10 Å². The van der Waals surface area contributed by atoms with Gasteiger partial charge in [-0.3, -0.25) is 14.6 Å². The first kappa shape index (κ1) is 35.9. The van der Waals surface area contributed by atoms with Crippen LogP contribution in [0.5, 0.6) is 0 Å². The van der Waals surface area contributed by atoms with Crippen LogP contribution in [0, 0.1) is 0 Å². The third-order valence-electron chi connectivity index (χ3n) is 6.96. The van der Waals surface area contributed by atoms with Crippen molar-refractivity contribution >= 4 is 39.4 Å². The molecule has 2 N–H and O–H groups in total. The zero-order chi connectivity index (χ0) is 35.1. The second-order valence-corrected chi connectivity index (χ2v) is 13.5. The summed E-state index contributed by atoms with van der Waals surface area (Å²) >= 11 is 0. The molecule has 4 rings (SSSR count). The number of alkyl halides is 3. The Kier molecular flexibility index (Phi) is 11.1. The Hall–Kier alpha value is -4.92. The number of carbonyl (C=O) groups is 3. The number of hydrogen-bond donors (Lipinski definition) is 2. The summed E-state index contributed by atoms with van der Waals surface area (Å²) in [5.74, 6) is -1.84. The van der Waals surface area contributed by atoms with Gasteiger partial charge in [0.25, 0.3) is 15.9 Å². The normalized spacial score (nSPS) is 15.7. The van der Waals surface area contributed by atoms with E-state index in [0.29, 0.717) is 5.56 Å². The molecule has 256 valence electrons. The Balaban J connectivity index is 1.48. The predicted octanol–water partition coefficient (Wildman–Crippen LogP) is 5.78. The highest BCUT2D eigenvalue weighted by atomic mass is 32.2. The SMILES string of the molecule is CC(C)(C)OC(=O)NC(CCC(=O)OCc1ccccc1)C(=O)NS(=O)(=O)c1ccc(N2N=C(C(F)(F)F)CC2c2ccccc2)cc1. The second kappa shape index (κ2) is 14.9. The van der Waals surface area contributed by atoms with E-state index in [0.717, 1.165) is 17.7 Å². The van der Waals surface area contributed by atoms with Crippen molar-refractivity contribution < 1.29 is 45.4 Å². The molecular formula is C33H35F3N4O7S. The number of alkyl carbamates (subject to hydrolysis) is 1. The van der Waals surface area contributed by atoms with Gasteiger partial charge in [-0.05, 0) is 62.6 Å². The van der Waals surface area contributed by atoms with E-state index in [1.807, 2.05) is 4.72 Å². The number of ether oxygens (including phenoxy) is 2. The molecular weight excluding hydrogens is 653 g/mol. The molecule has 2 unspecified atom stereocenters. The van der Waals surface area contributed by atoms with Gasteiger partial charge in [-0.1, -0.05) is 60.7 Å². The van der Waals surface area contributed by atoms with Crippen LogP contribution in [0.2, 0.25) is 0 Å². The lowest BCUT2D eigenvalue weighted by Gasteiger charge is -2.24. The van der Waals surface area contributed by atoms with Gasteiger partial charge in [0.1, 0.15) is 24.0 Å². The first-order chi connectivity index (χ1) is 22.5. The van der Waals surface area contributed by atoms with Crippen LogP contribution in [0.4, 0.5) is 23.7 Å². The quantitative estimate of drug-likeness (QED) is 0.242. The molecule has 3 aromatic rings. The maximum Gasteiger partial charge on any atom is 0.431 e. The molecule has 3 aromatic carbocycles. The molecule has 2 atom stereocenters. The highest BCUT2D eigenvalue weighted by Crippen LogP contribution is 2.39. The Labute approximate surface area is 276 Å². The molecule has 0 aliphatic carbocycles. The number of amides is 2. The van der Waals surface area contributed by atoms with Gasteiger partial charge in [0.15, 0.2) is 0 Å². The van der Waals surface area contributed by atoms with Crippen LogP contribution in [0.25, 0.3) is 0 Å². The van der Waals surface area contributed by atoms with Crippen molar-refractivity contribution in [3.05, 3.63) is 96.1 Å². The standard InChI is InChI=1S/C33H35F3N4O7S/c1-32(2,3)47-31(43)37-26(18-19-29(41)46-21-22-10-6-4-7-11-22)30(42)39-48(44,45)25-16-14-24(15-17-25)40-27(23-12-8-5-9-13-23)20-28(38-40)33(34,35)36/h4-17,26-27H,18-21H2,1-3H3,(H,37,43)(H,39,42). The number of nitrogens with zero attached hydrogens (tertiary/aromatic N) is 2. The highest BCUT2D eigenvalue weighted by Gasteiger charge is 2.43. The van der Waals surface area contributed by atoms with Crippen LogP contribution in [-0.4, -0.2) is 49.9 Å². The number of halogens is 3. The van der Waals surface area contributed by atoms with E-state index < -0.39 is 64.0 Å². The molecule has 1 aliphatic rings. The third-order valence-corrected chi connectivity index (χ3v) is 8.32. The van der Waals surface area contributed by atoms with E-state index in [9.17, 15) is 36.0 Å². The van der Waals surface area contributed by atoms with Gasteiger partial charge in [-0.2, -0.15) is 18.3 Å². The second-order valence-electron chi connectivity index (χ2n) is 11.9. The Bertz CT molecular complexity index is 1730. The smallest absolute Gasteiger partial charge is 0.431 e. The molecule has 1 heterocycles. The molecule has 1 aliphatic heterocycles. The van der Waals surface area contributed by atoms with Gasteiger partial charge >= 0.3 is 18.2 Å². The minimum atomic E-state index is -4.65. The van der Waals surface area contributed by atoms with E-state index >= 15 is 0 Å². The minimum absolute atomic E-state index is 0.0211. The molecule has 0 aromatic heterocycles. The number of hydrogen-bond acceptors (Lipinski definition) is 9. The molecule has 0 saturated carbocycles. The zero-order valence-electron chi connectivity index (χ0n) is 26.4. The largest absolute Gasteiger partial charge is 0.461 e. The minimum Gasteiger partial charge on any atom is -0.461 e. The van der Waals surface area contributed by atoms with Gasteiger partial charge in [0, 0.05) is 12.8 Å². The van der Waals surface area contributed by atoms with Gasteiger partial charge in [-0.25, -0.2) is 17.9 Å². The molecule has 0 spiro atoms. The lowest BCUT2D eigenvalue weighted by molar-refractivity contribution is -0.145. The number of carbonyl (C=O) groups excluding carboxylic acids is 3. The van der Waals surface area contributed by atoms with Gasteiger partial charge in [-0.15, -0.1) is 0 Å². The summed E-state index contributed by atoms with van der Waals surface area (Å²) in [7, 11) is -4.54. The molecule has 2 amide bonds. The predicted molar refractivity (Wildman–Crippen MR) is 170 cm³/mol. The Morgan fingerprint density at radius 1 is 0.938 bits per heavy atom. The molecule has 11 nitrogen and oxygen atoms in total. The van der Waals surface area contributed by atoms with Gasteiger partial charge in [0.05, 0.1) is 16.6 Å². The number of esters is 1. The third kappa shape index (κ3) is 10.0. The zero-order valence-corrected chi connectivity index (χ0v) is 27.2. The first-order valence-electron chi connectivity index (χ1n) is 14.9. The maximum atomic E-state index is 13.6. The molecule has 0 fully saturated rings. The first-order valence-corrected chi connectivity index (χ1v) is 16.3. The lowest BCUT2D eigenvalue weighted by atomic mass is 10.0. The van der Waals surface area contributed by atoms with E-state index in [-0.39, 0.29) is 30.0 Å². The summed E-state index contributed by atoms with van der Waals surface area (Å²) in [6.07, 6.45) is -6.73. The topological polar surface area (TPSA) is 143 Å². The van der Waals surface area contributed by atoms with Crippen LogP contribution in [0.1, 0.15) is 57.2 Å². The summed E-state index contributed by atoms with van der Waals surface area (Å²) in [6.45, 7) is 4.76. The summed E-state index contributed by atoms with van der Waals surface area (Å²) in [5, 5.41) is 7.26. The number of anilines is 1. The maximum absolute atomic E-state index is 13.6. The van der Waals surface area contributed by atoms with Crippen LogP contribution in [-0.2, 0) is 35.7 Å². The van der Waals surface area contributed by atoms with Crippen LogP contribution in [0.3, 0.4) is 0 Å². The fourth-order valence-electron chi connectivity index (χ4n) is 4.69. The van der Waals surface area contributed by atoms with Crippen molar-refractivity contribution in [2.45, 2.75) is 75.4 Å². The van der Waals surface area contributed by atoms with E-state index in [2.05, 4.69) is 10.4 Å². The summed E-state index contributed by atoms with van der Waals surface area (Å²) in [6, 6.07) is 19.8. The van der Waals surface area contributed by atoms with Gasteiger partial charge < -0.3 is 14.8 Å². The monoisotopic (exact) mass is 688 g/mol. The summed E-state index contributed by atoms with van der Waals surface area (Å²) in [5.41, 5.74) is -0.415. The lowest BCUT2D eigenvalue weighted by Crippen LogP contribution is -2.49. The highest BCUT2D eigenvalue weighted by molar-refractivity contribution is 7.90. The molecule has 0 bridgehead atoms. The molecule has 0 saturated heterocycles. The molecule has 0 radical (unpaired) electrons. The van der Waals surface area contributed by atoms with Crippen LogP contribution in [0.15, 0.2) is 94.9 Å². The van der Waals surface area contributed by atoms with Crippen LogP contribution < -0.4 is 15.0 Å². The van der Waals surface area contributed by atoms with Crippen molar-refractivity contribution in [1.29, 1.82) is 0 Å². The average Bonchev–Trinajstić information content (AvgIpc) is 3.48. The van der Waals surface area contributed by atoms with E-state index in [4.69, 9.17) is 9.47 Å². The van der Waals surface area contributed by atoms with Gasteiger partial charge in [0.2, 0.25) is 0 Å². The molecule has 15 heteroatoms. The van der Waals surface area contributed by atoms with Crippen LogP contribution >= 0.6 is 0 Å². The molecule has 48 heavy (non-hydrogen) atoms. The van der Waals surface area contributed by atoms with Crippen molar-refractivity contribution in [1.82, 2.24) is 10.0 Å².